The molecular weight excluding hydrogens is 344 g/mol. The summed E-state index contributed by atoms with van der Waals surface area (Å²) >= 11 is 6.13. The van der Waals surface area contributed by atoms with E-state index in [1.807, 2.05) is 6.07 Å². The molecule has 7 nitrogen and oxygen atoms in total. The van der Waals surface area contributed by atoms with Crippen molar-refractivity contribution >= 4 is 29.2 Å². The standard InChI is InChI=1S/C17H23ClN4O3/c18-17-20-12(9-13(21-17)22-5-7-25-8-6-22)19-15-11-3-1-10(2-4-11)14(15)16(23)24/h9-11,14-15H,1-8H2,(H,23,24)(H,19,20,21). The van der Waals surface area contributed by atoms with Gasteiger partial charge in [0.25, 0.3) is 0 Å². The highest BCUT2D eigenvalue weighted by molar-refractivity contribution is 6.28. The number of halogens is 1. The van der Waals surface area contributed by atoms with Gasteiger partial charge in [0.15, 0.2) is 0 Å². The van der Waals surface area contributed by atoms with Crippen LogP contribution in [-0.4, -0.2) is 53.4 Å². The number of hydrogen-bond acceptors (Lipinski definition) is 6. The summed E-state index contributed by atoms with van der Waals surface area (Å²) in [6, 6.07) is 1.78. The highest BCUT2D eigenvalue weighted by atomic mass is 35.5. The van der Waals surface area contributed by atoms with Crippen molar-refractivity contribution in [1.29, 1.82) is 0 Å². The van der Waals surface area contributed by atoms with Gasteiger partial charge in [0.1, 0.15) is 11.6 Å². The van der Waals surface area contributed by atoms with Crippen LogP contribution < -0.4 is 10.2 Å². The fourth-order valence-electron chi connectivity index (χ4n) is 4.62. The number of fused-ring (bicyclic) bond motifs is 3. The third-order valence-corrected chi connectivity index (χ3v) is 6.01. The molecule has 0 radical (unpaired) electrons. The minimum atomic E-state index is -0.708. The Morgan fingerprint density at radius 2 is 1.88 bits per heavy atom. The second-order valence-electron chi connectivity index (χ2n) is 7.19. The largest absolute Gasteiger partial charge is 0.481 e. The minimum absolute atomic E-state index is 0.0893. The SMILES string of the molecule is O=C(O)C1C2CCC(CC2)C1Nc1cc(N2CCOCC2)nc(Cl)n1. The first-order valence-corrected chi connectivity index (χ1v) is 9.36. The van der Waals surface area contributed by atoms with Crippen LogP contribution in [0.5, 0.6) is 0 Å². The summed E-state index contributed by atoms with van der Waals surface area (Å²) in [5.74, 6) is 0.958. The third-order valence-electron chi connectivity index (χ3n) is 5.84. The smallest absolute Gasteiger partial charge is 0.308 e. The van der Waals surface area contributed by atoms with Crippen LogP contribution in [0.15, 0.2) is 6.07 Å². The van der Waals surface area contributed by atoms with E-state index in [4.69, 9.17) is 16.3 Å². The third kappa shape index (κ3) is 3.40. The first kappa shape index (κ1) is 16.8. The van der Waals surface area contributed by atoms with Gasteiger partial charge in [0, 0.05) is 25.2 Å². The second kappa shape index (κ2) is 6.96. The predicted molar refractivity (Wildman–Crippen MR) is 94.1 cm³/mol. The van der Waals surface area contributed by atoms with Gasteiger partial charge in [0.05, 0.1) is 19.1 Å². The summed E-state index contributed by atoms with van der Waals surface area (Å²) in [5, 5.41) is 13.3. The van der Waals surface area contributed by atoms with Crippen molar-refractivity contribution in [2.45, 2.75) is 31.7 Å². The maximum atomic E-state index is 11.8. The Hall–Kier alpha value is -1.60. The molecule has 0 aromatic carbocycles. The quantitative estimate of drug-likeness (QED) is 0.790. The lowest BCUT2D eigenvalue weighted by molar-refractivity contribution is -0.148. The van der Waals surface area contributed by atoms with Crippen molar-refractivity contribution in [2.24, 2.45) is 17.8 Å². The monoisotopic (exact) mass is 366 g/mol. The summed E-state index contributed by atoms with van der Waals surface area (Å²) in [7, 11) is 0. The van der Waals surface area contributed by atoms with Crippen LogP contribution in [0.1, 0.15) is 25.7 Å². The van der Waals surface area contributed by atoms with E-state index in [1.165, 1.54) is 0 Å². The first-order valence-electron chi connectivity index (χ1n) is 8.98. The van der Waals surface area contributed by atoms with Crippen LogP contribution in [0, 0.1) is 17.8 Å². The Morgan fingerprint density at radius 1 is 1.20 bits per heavy atom. The predicted octanol–water partition coefficient (Wildman–Crippen LogP) is 2.27. The van der Waals surface area contributed by atoms with Gasteiger partial charge >= 0.3 is 5.97 Å². The molecule has 2 heterocycles. The van der Waals surface area contributed by atoms with Gasteiger partial charge in [-0.25, -0.2) is 9.97 Å². The molecular formula is C17H23ClN4O3. The van der Waals surface area contributed by atoms with Crippen LogP contribution in [0.4, 0.5) is 11.6 Å². The highest BCUT2D eigenvalue weighted by Crippen LogP contribution is 2.46. The van der Waals surface area contributed by atoms with Crippen LogP contribution in [0.25, 0.3) is 0 Å². The Bertz CT molecular complexity index is 645. The number of aliphatic carboxylic acids is 1. The van der Waals surface area contributed by atoms with E-state index >= 15 is 0 Å². The molecule has 2 atom stereocenters. The van der Waals surface area contributed by atoms with Crippen molar-refractivity contribution in [3.63, 3.8) is 0 Å². The molecule has 3 saturated carbocycles. The zero-order chi connectivity index (χ0) is 17.4. The van der Waals surface area contributed by atoms with Crippen molar-refractivity contribution < 1.29 is 14.6 Å². The van der Waals surface area contributed by atoms with Gasteiger partial charge in [-0.2, -0.15) is 0 Å². The Balaban J connectivity index is 1.57. The van der Waals surface area contributed by atoms with E-state index in [2.05, 4.69) is 20.2 Å². The Morgan fingerprint density at radius 3 is 2.56 bits per heavy atom. The van der Waals surface area contributed by atoms with Gasteiger partial charge in [0.2, 0.25) is 5.28 Å². The van der Waals surface area contributed by atoms with E-state index in [1.54, 1.807) is 0 Å². The molecule has 1 aromatic rings. The number of nitrogens with one attached hydrogen (secondary N) is 1. The van der Waals surface area contributed by atoms with Gasteiger partial charge in [-0.1, -0.05) is 0 Å². The van der Waals surface area contributed by atoms with Crippen molar-refractivity contribution in [3.05, 3.63) is 11.3 Å². The summed E-state index contributed by atoms with van der Waals surface area (Å²) in [6.45, 7) is 2.85. The number of hydrogen-bond donors (Lipinski definition) is 2. The number of carbonyl (C=O) groups is 1. The lowest BCUT2D eigenvalue weighted by Gasteiger charge is -2.47. The maximum absolute atomic E-state index is 11.8. The van der Waals surface area contributed by atoms with Gasteiger partial charge in [-0.05, 0) is 49.1 Å². The lowest BCUT2D eigenvalue weighted by atomic mass is 9.61. The van der Waals surface area contributed by atoms with Crippen LogP contribution >= 0.6 is 11.6 Å². The molecule has 1 saturated heterocycles. The fraction of sp³-hybridized carbons (Fsp3) is 0.706. The maximum Gasteiger partial charge on any atom is 0.308 e. The molecule has 2 bridgehead atoms. The number of rotatable bonds is 4. The molecule has 0 spiro atoms. The number of carboxylic acids is 1. The zero-order valence-corrected chi connectivity index (χ0v) is 14.8. The van der Waals surface area contributed by atoms with Crippen LogP contribution in [0.3, 0.4) is 0 Å². The van der Waals surface area contributed by atoms with Crippen molar-refractivity contribution in [2.75, 3.05) is 36.5 Å². The highest BCUT2D eigenvalue weighted by Gasteiger charge is 2.47. The average molecular weight is 367 g/mol. The normalized spacial score (nSPS) is 31.8. The number of ether oxygens (including phenoxy) is 1. The Labute approximate surface area is 151 Å². The van der Waals surface area contributed by atoms with Crippen LogP contribution in [-0.2, 0) is 9.53 Å². The fourth-order valence-corrected chi connectivity index (χ4v) is 4.80. The first-order chi connectivity index (χ1) is 12.1. The topological polar surface area (TPSA) is 87.6 Å². The minimum Gasteiger partial charge on any atom is -0.481 e. The number of aromatic nitrogens is 2. The summed E-state index contributed by atoms with van der Waals surface area (Å²) in [4.78, 5) is 22.5. The van der Waals surface area contributed by atoms with Gasteiger partial charge < -0.3 is 20.1 Å². The molecule has 8 heteroatoms. The molecule has 136 valence electrons. The summed E-state index contributed by atoms with van der Waals surface area (Å²) in [5.41, 5.74) is 0. The number of morpholine rings is 1. The Kier molecular flexibility index (Phi) is 4.69. The van der Waals surface area contributed by atoms with Gasteiger partial charge in [-0.15, -0.1) is 0 Å². The molecule has 2 unspecified atom stereocenters. The summed E-state index contributed by atoms with van der Waals surface area (Å²) < 4.78 is 5.38. The molecule has 25 heavy (non-hydrogen) atoms. The molecule has 5 rings (SSSR count). The van der Waals surface area contributed by atoms with E-state index in [0.29, 0.717) is 24.9 Å². The van der Waals surface area contributed by atoms with Crippen molar-refractivity contribution in [3.8, 4) is 0 Å². The number of nitrogens with zero attached hydrogens (tertiary/aromatic N) is 3. The molecule has 3 aliphatic carbocycles. The summed E-state index contributed by atoms with van der Waals surface area (Å²) in [6.07, 6.45) is 4.20. The number of anilines is 2. The molecule has 1 aromatic heterocycles. The molecule has 0 amide bonds. The molecule has 4 fully saturated rings. The van der Waals surface area contributed by atoms with E-state index < -0.39 is 5.97 Å². The van der Waals surface area contributed by atoms with E-state index in [-0.39, 0.29) is 23.2 Å². The zero-order valence-electron chi connectivity index (χ0n) is 14.0. The van der Waals surface area contributed by atoms with E-state index in [9.17, 15) is 9.90 Å². The molecule has 4 aliphatic rings. The molecule has 1 aliphatic heterocycles. The van der Waals surface area contributed by atoms with Crippen LogP contribution in [0.2, 0.25) is 5.28 Å². The average Bonchev–Trinajstić information content (AvgIpc) is 2.62. The molecule has 2 N–H and O–H groups in total. The second-order valence-corrected chi connectivity index (χ2v) is 7.53. The van der Waals surface area contributed by atoms with Gasteiger partial charge in [-0.3, -0.25) is 4.79 Å². The van der Waals surface area contributed by atoms with E-state index in [0.717, 1.165) is 44.6 Å². The number of carboxylic acid groups (broad SMARTS) is 1. The van der Waals surface area contributed by atoms with Crippen molar-refractivity contribution in [1.82, 2.24) is 9.97 Å². The lowest BCUT2D eigenvalue weighted by Crippen LogP contribution is -2.51.